The van der Waals surface area contributed by atoms with Gasteiger partial charge in [0.2, 0.25) is 0 Å². The summed E-state index contributed by atoms with van der Waals surface area (Å²) in [5.41, 5.74) is 7.26. The number of aryl methyl sites for hydroxylation is 2. The Hall–Kier alpha value is -1.60. The predicted molar refractivity (Wildman–Crippen MR) is 83.7 cm³/mol. The highest BCUT2D eigenvalue weighted by Crippen LogP contribution is 2.35. The number of fused-ring (bicyclic) bond motifs is 1. The molecule has 0 saturated carbocycles. The Morgan fingerprint density at radius 1 is 1.62 bits per heavy atom. The van der Waals surface area contributed by atoms with Crippen molar-refractivity contribution in [2.45, 2.75) is 32.3 Å². The van der Waals surface area contributed by atoms with Crippen molar-refractivity contribution in [3.63, 3.8) is 0 Å². The van der Waals surface area contributed by atoms with Gasteiger partial charge in [-0.2, -0.15) is 5.10 Å². The number of hydrogen-bond donors (Lipinski definition) is 2. The van der Waals surface area contributed by atoms with E-state index in [1.165, 1.54) is 11.3 Å². The molecule has 1 amide bonds. The summed E-state index contributed by atoms with van der Waals surface area (Å²) in [6.45, 7) is 5.21. The number of amides is 1. The van der Waals surface area contributed by atoms with Crippen molar-refractivity contribution in [2.75, 3.05) is 18.9 Å². The number of hydrogen-bond acceptors (Lipinski definition) is 5. The number of nitrogens with zero attached hydrogens (tertiary/aromatic N) is 2. The maximum absolute atomic E-state index is 12.4. The number of aromatic nitrogens is 2. The number of nitrogens with two attached hydrogens (primary N) is 1. The normalized spacial score (nSPS) is 22.0. The van der Waals surface area contributed by atoms with E-state index in [2.05, 4.69) is 10.4 Å². The van der Waals surface area contributed by atoms with Crippen LogP contribution < -0.4 is 11.1 Å². The summed E-state index contributed by atoms with van der Waals surface area (Å²) < 4.78 is 7.45. The van der Waals surface area contributed by atoms with Gasteiger partial charge in [0, 0.05) is 20.2 Å². The van der Waals surface area contributed by atoms with E-state index in [0.717, 1.165) is 35.4 Å². The molecule has 2 aromatic rings. The van der Waals surface area contributed by atoms with E-state index < -0.39 is 0 Å². The van der Waals surface area contributed by atoms with Gasteiger partial charge in [-0.05, 0) is 26.7 Å². The minimum atomic E-state index is -0.251. The number of nitrogen functional groups attached to an aromatic ring is 1. The lowest BCUT2D eigenvalue weighted by Gasteiger charge is -2.23. The lowest BCUT2D eigenvalue weighted by molar-refractivity contribution is 0.0206. The van der Waals surface area contributed by atoms with Gasteiger partial charge in [-0.3, -0.25) is 9.48 Å². The molecule has 3 N–H and O–H groups in total. The van der Waals surface area contributed by atoms with Crippen LogP contribution in [0.25, 0.3) is 10.2 Å². The Morgan fingerprint density at radius 3 is 3.00 bits per heavy atom. The summed E-state index contributed by atoms with van der Waals surface area (Å²) >= 11 is 1.38. The lowest BCUT2D eigenvalue weighted by Crippen LogP contribution is -2.40. The van der Waals surface area contributed by atoms with Gasteiger partial charge in [0.1, 0.15) is 9.71 Å². The average molecular weight is 308 g/mol. The summed E-state index contributed by atoms with van der Waals surface area (Å²) in [4.78, 5) is 13.9. The highest BCUT2D eigenvalue weighted by atomic mass is 32.1. The van der Waals surface area contributed by atoms with Crippen LogP contribution in [0.1, 0.15) is 35.1 Å². The summed E-state index contributed by atoms with van der Waals surface area (Å²) in [6, 6.07) is 0. The number of nitrogens with one attached hydrogen (secondary N) is 1. The molecule has 0 aliphatic carbocycles. The standard InChI is InChI=1S/C14H20N4O2S/c1-8-9-10(15)11(21-13(9)18(3)17-8)12(19)16-7-14(2)5-4-6-20-14/h4-7,15H2,1-3H3,(H,16,19). The molecule has 7 heteroatoms. The van der Waals surface area contributed by atoms with E-state index in [0.29, 0.717) is 17.1 Å². The number of ether oxygens (including phenoxy) is 1. The molecule has 0 bridgehead atoms. The molecule has 1 aliphatic rings. The fourth-order valence-electron chi connectivity index (χ4n) is 2.82. The Balaban J connectivity index is 1.81. The molecule has 1 unspecified atom stereocenters. The molecule has 6 nitrogen and oxygen atoms in total. The lowest BCUT2D eigenvalue weighted by atomic mass is 10.0. The molecular weight excluding hydrogens is 288 g/mol. The van der Waals surface area contributed by atoms with E-state index in [-0.39, 0.29) is 11.5 Å². The summed E-state index contributed by atoms with van der Waals surface area (Å²) in [7, 11) is 1.86. The van der Waals surface area contributed by atoms with Gasteiger partial charge < -0.3 is 15.8 Å². The Labute approximate surface area is 127 Å². The van der Waals surface area contributed by atoms with E-state index in [9.17, 15) is 4.79 Å². The van der Waals surface area contributed by atoms with Gasteiger partial charge in [-0.15, -0.1) is 11.3 Å². The molecule has 2 aromatic heterocycles. The molecule has 1 saturated heterocycles. The van der Waals surface area contributed by atoms with Crippen molar-refractivity contribution in [3.05, 3.63) is 10.6 Å². The number of rotatable bonds is 3. The SMILES string of the molecule is Cc1nn(C)c2sc(C(=O)NCC3(C)CCCO3)c(N)c12. The first-order chi connectivity index (χ1) is 9.91. The zero-order chi connectivity index (χ0) is 15.2. The van der Waals surface area contributed by atoms with Crippen LogP contribution in [0, 0.1) is 6.92 Å². The molecule has 3 heterocycles. The van der Waals surface area contributed by atoms with Gasteiger partial charge in [0.25, 0.3) is 5.91 Å². The van der Waals surface area contributed by atoms with Crippen molar-refractivity contribution in [1.29, 1.82) is 0 Å². The summed E-state index contributed by atoms with van der Waals surface area (Å²) in [5, 5.41) is 8.16. The maximum atomic E-state index is 12.4. The maximum Gasteiger partial charge on any atom is 0.263 e. The molecule has 1 aliphatic heterocycles. The van der Waals surface area contributed by atoms with Crippen LogP contribution in [-0.2, 0) is 11.8 Å². The molecule has 1 atom stereocenters. The number of carbonyl (C=O) groups is 1. The first kappa shape index (κ1) is 14.3. The Morgan fingerprint density at radius 2 is 2.38 bits per heavy atom. The van der Waals surface area contributed by atoms with Crippen LogP contribution in [0.5, 0.6) is 0 Å². The quantitative estimate of drug-likeness (QED) is 0.906. The third-order valence-electron chi connectivity index (χ3n) is 4.01. The van der Waals surface area contributed by atoms with Crippen LogP contribution in [-0.4, -0.2) is 34.4 Å². The zero-order valence-corrected chi connectivity index (χ0v) is 13.3. The molecule has 3 rings (SSSR count). The van der Waals surface area contributed by atoms with Crippen molar-refractivity contribution >= 4 is 33.1 Å². The first-order valence-electron chi connectivity index (χ1n) is 7.05. The minimum Gasteiger partial charge on any atom is -0.397 e. The monoisotopic (exact) mass is 308 g/mol. The molecule has 0 radical (unpaired) electrons. The second-order valence-electron chi connectivity index (χ2n) is 5.82. The van der Waals surface area contributed by atoms with Crippen LogP contribution in [0.2, 0.25) is 0 Å². The molecular formula is C14H20N4O2S. The third kappa shape index (κ3) is 2.40. The molecule has 0 spiro atoms. The number of thiophene rings is 1. The Bertz CT molecular complexity index is 697. The number of anilines is 1. The fourth-order valence-corrected chi connectivity index (χ4v) is 3.92. The predicted octanol–water partition coefficient (Wildman–Crippen LogP) is 1.82. The minimum absolute atomic E-state index is 0.134. The van der Waals surface area contributed by atoms with Gasteiger partial charge in [0.15, 0.2) is 0 Å². The average Bonchev–Trinajstić information content (AvgIpc) is 3.07. The largest absolute Gasteiger partial charge is 0.397 e. The summed E-state index contributed by atoms with van der Waals surface area (Å²) in [6.07, 6.45) is 2.01. The third-order valence-corrected chi connectivity index (χ3v) is 5.28. The Kier molecular flexibility index (Phi) is 3.41. The van der Waals surface area contributed by atoms with E-state index in [4.69, 9.17) is 10.5 Å². The highest BCUT2D eigenvalue weighted by Gasteiger charge is 2.31. The van der Waals surface area contributed by atoms with Gasteiger partial charge in [-0.25, -0.2) is 0 Å². The van der Waals surface area contributed by atoms with Crippen LogP contribution >= 0.6 is 11.3 Å². The molecule has 114 valence electrons. The van der Waals surface area contributed by atoms with Gasteiger partial charge >= 0.3 is 0 Å². The highest BCUT2D eigenvalue weighted by molar-refractivity contribution is 7.21. The van der Waals surface area contributed by atoms with Crippen LogP contribution in [0.15, 0.2) is 0 Å². The van der Waals surface area contributed by atoms with Crippen molar-refractivity contribution in [1.82, 2.24) is 15.1 Å². The van der Waals surface area contributed by atoms with Gasteiger partial charge in [-0.1, -0.05) is 0 Å². The second kappa shape index (κ2) is 4.99. The van der Waals surface area contributed by atoms with E-state index >= 15 is 0 Å². The van der Waals surface area contributed by atoms with Crippen molar-refractivity contribution < 1.29 is 9.53 Å². The summed E-state index contributed by atoms with van der Waals surface area (Å²) in [5.74, 6) is -0.134. The topological polar surface area (TPSA) is 82.2 Å². The zero-order valence-electron chi connectivity index (χ0n) is 12.5. The smallest absolute Gasteiger partial charge is 0.263 e. The van der Waals surface area contributed by atoms with E-state index in [1.807, 2.05) is 20.9 Å². The van der Waals surface area contributed by atoms with E-state index in [1.54, 1.807) is 4.68 Å². The van der Waals surface area contributed by atoms with Gasteiger partial charge in [0.05, 0.1) is 22.4 Å². The molecule has 0 aromatic carbocycles. The second-order valence-corrected chi connectivity index (χ2v) is 6.82. The van der Waals surface area contributed by atoms with Crippen LogP contribution in [0.4, 0.5) is 5.69 Å². The molecule has 1 fully saturated rings. The van der Waals surface area contributed by atoms with Crippen molar-refractivity contribution in [2.24, 2.45) is 7.05 Å². The number of carbonyl (C=O) groups excluding carboxylic acids is 1. The fraction of sp³-hybridized carbons (Fsp3) is 0.571. The van der Waals surface area contributed by atoms with Crippen molar-refractivity contribution in [3.8, 4) is 0 Å². The first-order valence-corrected chi connectivity index (χ1v) is 7.87. The molecule has 21 heavy (non-hydrogen) atoms. The van der Waals surface area contributed by atoms with Crippen LogP contribution in [0.3, 0.4) is 0 Å².